The Bertz CT molecular complexity index is 907. The van der Waals surface area contributed by atoms with Crippen LogP contribution in [0.5, 0.6) is 0 Å². The second kappa shape index (κ2) is 5.80. The molecule has 0 spiro atoms. The van der Waals surface area contributed by atoms with Crippen molar-refractivity contribution in [1.82, 2.24) is 0 Å². The minimum absolute atomic E-state index is 0.240. The van der Waals surface area contributed by atoms with E-state index in [1.807, 2.05) is 31.2 Å². The molecule has 22 heavy (non-hydrogen) atoms. The number of carbonyl (C=O) groups is 1. The van der Waals surface area contributed by atoms with Gasteiger partial charge in [0.05, 0.1) is 16.7 Å². The van der Waals surface area contributed by atoms with Gasteiger partial charge in [-0.3, -0.25) is 4.79 Å². The van der Waals surface area contributed by atoms with E-state index in [4.69, 9.17) is 16.9 Å². The van der Waals surface area contributed by atoms with Crippen LogP contribution in [0.4, 0.5) is 5.69 Å². The second-order valence-corrected chi connectivity index (χ2v) is 6.27. The summed E-state index contributed by atoms with van der Waals surface area (Å²) in [7, 11) is 0. The Balaban J connectivity index is 1.93. The number of hydrogen-bond donors (Lipinski definition) is 1. The molecule has 1 amide bonds. The third kappa shape index (κ3) is 2.57. The molecule has 2 aromatic carbocycles. The van der Waals surface area contributed by atoms with Gasteiger partial charge in [-0.15, -0.1) is 11.3 Å². The predicted molar refractivity (Wildman–Crippen MR) is 90.7 cm³/mol. The van der Waals surface area contributed by atoms with Gasteiger partial charge < -0.3 is 5.32 Å². The predicted octanol–water partition coefficient (Wildman–Crippen LogP) is 4.99. The van der Waals surface area contributed by atoms with E-state index < -0.39 is 0 Å². The van der Waals surface area contributed by atoms with Gasteiger partial charge in [0.2, 0.25) is 0 Å². The highest BCUT2D eigenvalue weighted by Crippen LogP contribution is 2.37. The first-order valence-electron chi connectivity index (χ1n) is 6.59. The molecule has 0 atom stereocenters. The summed E-state index contributed by atoms with van der Waals surface area (Å²) in [5.41, 5.74) is 2.24. The minimum Gasteiger partial charge on any atom is -0.321 e. The lowest BCUT2D eigenvalue weighted by Gasteiger charge is -2.04. The van der Waals surface area contributed by atoms with Crippen LogP contribution in [0.1, 0.15) is 20.8 Å². The van der Waals surface area contributed by atoms with Crippen molar-refractivity contribution in [1.29, 1.82) is 5.26 Å². The Morgan fingerprint density at radius 3 is 2.59 bits per heavy atom. The number of carbonyl (C=O) groups excluding carboxylic acids is 1. The molecule has 108 valence electrons. The van der Waals surface area contributed by atoms with Gasteiger partial charge in [-0.2, -0.15) is 5.26 Å². The normalized spacial score (nSPS) is 10.4. The van der Waals surface area contributed by atoms with Gasteiger partial charge in [-0.05, 0) is 42.8 Å². The number of aryl methyl sites for hydroxylation is 1. The Labute approximate surface area is 136 Å². The maximum Gasteiger partial charge on any atom is 0.267 e. The topological polar surface area (TPSA) is 52.9 Å². The summed E-state index contributed by atoms with van der Waals surface area (Å²) in [5.74, 6) is -0.240. The molecule has 3 aromatic rings. The maximum atomic E-state index is 12.4. The first-order valence-corrected chi connectivity index (χ1v) is 7.78. The molecule has 3 rings (SSSR count). The van der Waals surface area contributed by atoms with Gasteiger partial charge >= 0.3 is 0 Å². The van der Waals surface area contributed by atoms with Crippen molar-refractivity contribution >= 4 is 44.6 Å². The molecule has 5 heteroatoms. The quantitative estimate of drug-likeness (QED) is 0.721. The van der Waals surface area contributed by atoms with Crippen molar-refractivity contribution in [3.63, 3.8) is 0 Å². The van der Waals surface area contributed by atoms with Gasteiger partial charge in [0, 0.05) is 15.8 Å². The number of fused-ring (bicyclic) bond motifs is 1. The average Bonchev–Trinajstić information content (AvgIpc) is 2.86. The molecular formula is C17H11ClN2OS. The van der Waals surface area contributed by atoms with E-state index >= 15 is 0 Å². The number of thiophene rings is 1. The van der Waals surface area contributed by atoms with E-state index in [9.17, 15) is 4.79 Å². The number of hydrogen-bond acceptors (Lipinski definition) is 3. The van der Waals surface area contributed by atoms with E-state index in [-0.39, 0.29) is 5.91 Å². The van der Waals surface area contributed by atoms with E-state index in [1.165, 1.54) is 11.3 Å². The van der Waals surface area contributed by atoms with Crippen LogP contribution >= 0.6 is 22.9 Å². The number of nitrogens with one attached hydrogen (secondary N) is 1. The third-order valence-electron chi connectivity index (χ3n) is 3.34. The fourth-order valence-corrected chi connectivity index (χ4v) is 3.81. The standard InChI is InChI=1S/C17H11ClN2OS/c1-10-3-2-4-13-14(10)15(18)16(22-13)17(21)20-12-7-5-11(9-19)6-8-12/h2-8H,1H3,(H,20,21). The number of anilines is 1. The number of halogens is 1. The summed E-state index contributed by atoms with van der Waals surface area (Å²) >= 11 is 7.75. The minimum atomic E-state index is -0.240. The van der Waals surface area contributed by atoms with E-state index in [0.717, 1.165) is 15.6 Å². The summed E-state index contributed by atoms with van der Waals surface area (Å²) in [6, 6.07) is 14.6. The molecule has 1 aromatic heterocycles. The first kappa shape index (κ1) is 14.6. The zero-order valence-electron chi connectivity index (χ0n) is 11.7. The molecule has 0 aliphatic carbocycles. The van der Waals surface area contributed by atoms with Crippen LogP contribution in [-0.4, -0.2) is 5.91 Å². The molecule has 0 saturated heterocycles. The Kier molecular flexibility index (Phi) is 3.84. The van der Waals surface area contributed by atoms with Crippen LogP contribution in [0.3, 0.4) is 0 Å². The van der Waals surface area contributed by atoms with E-state index in [2.05, 4.69) is 5.32 Å². The highest BCUT2D eigenvalue weighted by molar-refractivity contribution is 7.21. The van der Waals surface area contributed by atoms with Crippen molar-refractivity contribution in [2.75, 3.05) is 5.32 Å². The average molecular weight is 327 g/mol. The monoisotopic (exact) mass is 326 g/mol. The van der Waals surface area contributed by atoms with Crippen molar-refractivity contribution in [2.45, 2.75) is 6.92 Å². The lowest BCUT2D eigenvalue weighted by Crippen LogP contribution is -2.10. The highest BCUT2D eigenvalue weighted by atomic mass is 35.5. The van der Waals surface area contributed by atoms with Gasteiger partial charge in [-0.25, -0.2) is 0 Å². The molecule has 0 aliphatic heterocycles. The molecule has 0 radical (unpaired) electrons. The molecule has 1 heterocycles. The van der Waals surface area contributed by atoms with Crippen LogP contribution < -0.4 is 5.32 Å². The number of rotatable bonds is 2. The number of amides is 1. The van der Waals surface area contributed by atoms with Crippen LogP contribution in [-0.2, 0) is 0 Å². The third-order valence-corrected chi connectivity index (χ3v) is 4.99. The van der Waals surface area contributed by atoms with E-state index in [0.29, 0.717) is 21.2 Å². The van der Waals surface area contributed by atoms with E-state index in [1.54, 1.807) is 24.3 Å². The van der Waals surface area contributed by atoms with Crippen molar-refractivity contribution in [3.8, 4) is 6.07 Å². The maximum absolute atomic E-state index is 12.4. The summed E-state index contributed by atoms with van der Waals surface area (Å²) in [6.45, 7) is 1.98. The fraction of sp³-hybridized carbons (Fsp3) is 0.0588. The van der Waals surface area contributed by atoms with Crippen molar-refractivity contribution < 1.29 is 4.79 Å². The number of nitrogens with zero attached hydrogens (tertiary/aromatic N) is 1. The SMILES string of the molecule is Cc1cccc2sc(C(=O)Nc3ccc(C#N)cc3)c(Cl)c12. The van der Waals surface area contributed by atoms with Crippen LogP contribution in [0.2, 0.25) is 5.02 Å². The molecule has 1 N–H and O–H groups in total. The van der Waals surface area contributed by atoms with Gasteiger partial charge in [0.1, 0.15) is 4.88 Å². The summed E-state index contributed by atoms with van der Waals surface area (Å²) in [6.07, 6.45) is 0. The molecular weight excluding hydrogens is 316 g/mol. The van der Waals surface area contributed by atoms with Crippen LogP contribution in [0.25, 0.3) is 10.1 Å². The Hall–Kier alpha value is -2.35. The first-order chi connectivity index (χ1) is 10.6. The largest absolute Gasteiger partial charge is 0.321 e. The Morgan fingerprint density at radius 1 is 1.23 bits per heavy atom. The van der Waals surface area contributed by atoms with Gasteiger partial charge in [0.25, 0.3) is 5.91 Å². The second-order valence-electron chi connectivity index (χ2n) is 4.84. The van der Waals surface area contributed by atoms with Crippen LogP contribution in [0.15, 0.2) is 42.5 Å². The number of nitriles is 1. The lowest BCUT2D eigenvalue weighted by atomic mass is 10.1. The van der Waals surface area contributed by atoms with Crippen LogP contribution in [0, 0.1) is 18.3 Å². The molecule has 0 aliphatic rings. The zero-order chi connectivity index (χ0) is 15.7. The molecule has 0 saturated carbocycles. The molecule has 0 unspecified atom stereocenters. The summed E-state index contributed by atoms with van der Waals surface area (Å²) < 4.78 is 0.995. The number of benzene rings is 2. The zero-order valence-corrected chi connectivity index (χ0v) is 13.3. The van der Waals surface area contributed by atoms with Gasteiger partial charge in [-0.1, -0.05) is 23.7 Å². The lowest BCUT2D eigenvalue weighted by molar-refractivity contribution is 0.103. The highest BCUT2D eigenvalue weighted by Gasteiger charge is 2.18. The smallest absolute Gasteiger partial charge is 0.267 e. The van der Waals surface area contributed by atoms with Gasteiger partial charge in [0.15, 0.2) is 0 Å². The molecule has 3 nitrogen and oxygen atoms in total. The Morgan fingerprint density at radius 2 is 1.95 bits per heavy atom. The van der Waals surface area contributed by atoms with Crippen molar-refractivity contribution in [2.24, 2.45) is 0 Å². The molecule has 0 fully saturated rings. The van der Waals surface area contributed by atoms with Crippen molar-refractivity contribution in [3.05, 3.63) is 63.5 Å². The molecule has 0 bridgehead atoms. The summed E-state index contributed by atoms with van der Waals surface area (Å²) in [4.78, 5) is 12.9. The fourth-order valence-electron chi connectivity index (χ4n) is 2.24. The summed E-state index contributed by atoms with van der Waals surface area (Å²) in [5, 5.41) is 13.0.